The lowest BCUT2D eigenvalue weighted by atomic mass is 9.88. The van der Waals surface area contributed by atoms with E-state index in [4.69, 9.17) is 13.9 Å². The van der Waals surface area contributed by atoms with Crippen LogP contribution < -0.4 is 4.74 Å². The Balaban J connectivity index is 1.36. The van der Waals surface area contributed by atoms with Gasteiger partial charge in [0.1, 0.15) is 5.75 Å². The Labute approximate surface area is 188 Å². The molecule has 1 aromatic carbocycles. The molecule has 0 bridgehead atoms. The molecular weight excluding hydrogens is 407 g/mol. The molecule has 1 aliphatic carbocycles. The third-order valence-electron chi connectivity index (χ3n) is 6.51. The van der Waals surface area contributed by atoms with Crippen molar-refractivity contribution >= 4 is 17.1 Å². The number of ketones is 1. The number of nitrogens with zero attached hydrogens (tertiary/aromatic N) is 2. The summed E-state index contributed by atoms with van der Waals surface area (Å²) >= 11 is 0. The van der Waals surface area contributed by atoms with Crippen LogP contribution in [-0.2, 0) is 9.16 Å². The summed E-state index contributed by atoms with van der Waals surface area (Å²) < 4.78 is 31.0. The zero-order valence-electron chi connectivity index (χ0n) is 18.6. The molecule has 0 radical (unpaired) electrons. The van der Waals surface area contributed by atoms with Crippen LogP contribution in [0.15, 0.2) is 53.9 Å². The first-order chi connectivity index (χ1) is 15.7. The van der Waals surface area contributed by atoms with E-state index in [1.807, 2.05) is 12.1 Å². The van der Waals surface area contributed by atoms with Gasteiger partial charge in [-0.3, -0.25) is 9.32 Å². The summed E-state index contributed by atoms with van der Waals surface area (Å²) in [6.45, 7) is 7.17. The maximum absolute atomic E-state index is 14.4. The number of halogens is 1. The fraction of sp³-hybridized carbons (Fsp3) is 0.423. The second kappa shape index (κ2) is 9.43. The monoisotopic (exact) mass is 437 g/mol. The summed E-state index contributed by atoms with van der Waals surface area (Å²) in [4.78, 5) is 4.80. The maximum Gasteiger partial charge on any atom is 0.378 e. The van der Waals surface area contributed by atoms with E-state index in [0.29, 0.717) is 6.61 Å². The number of rotatable bonds is 5. The van der Waals surface area contributed by atoms with Crippen LogP contribution in [0.3, 0.4) is 0 Å². The number of hydrogen-bond acceptors (Lipinski definition) is 4. The molecule has 168 valence electrons. The number of fused-ring (bicyclic) bond motifs is 3. The maximum atomic E-state index is 14.4. The smallest absolute Gasteiger partial charge is 0.378 e. The first-order valence-electron chi connectivity index (χ1n) is 11.5. The third-order valence-corrected chi connectivity index (χ3v) is 6.51. The van der Waals surface area contributed by atoms with Gasteiger partial charge in [-0.1, -0.05) is 12.1 Å². The highest BCUT2D eigenvalue weighted by Crippen LogP contribution is 2.41. The van der Waals surface area contributed by atoms with Gasteiger partial charge in [0.05, 0.1) is 19.8 Å². The van der Waals surface area contributed by atoms with Crippen molar-refractivity contribution in [1.29, 1.82) is 0 Å². The van der Waals surface area contributed by atoms with Gasteiger partial charge in [0.2, 0.25) is 5.83 Å². The van der Waals surface area contributed by atoms with Crippen LogP contribution in [0.4, 0.5) is 4.39 Å². The highest BCUT2D eigenvalue weighted by Gasteiger charge is 2.30. The lowest BCUT2D eigenvalue weighted by Gasteiger charge is -2.33. The minimum atomic E-state index is -0.331. The van der Waals surface area contributed by atoms with Crippen molar-refractivity contribution in [3.8, 4) is 5.75 Å². The van der Waals surface area contributed by atoms with Crippen molar-refractivity contribution in [3.63, 3.8) is 0 Å². The van der Waals surface area contributed by atoms with Crippen molar-refractivity contribution in [2.45, 2.75) is 12.8 Å². The molecule has 3 aliphatic heterocycles. The average Bonchev–Trinajstić information content (AvgIpc) is 3.31. The fourth-order valence-corrected chi connectivity index (χ4v) is 4.82. The van der Waals surface area contributed by atoms with E-state index >= 15 is 0 Å². The fourth-order valence-electron chi connectivity index (χ4n) is 4.82. The summed E-state index contributed by atoms with van der Waals surface area (Å²) in [7, 11) is 1.49. The van der Waals surface area contributed by atoms with Crippen LogP contribution in [-0.4, -0.2) is 75.2 Å². The van der Waals surface area contributed by atoms with Gasteiger partial charge in [0, 0.05) is 50.1 Å². The van der Waals surface area contributed by atoms with Crippen molar-refractivity contribution < 1.29 is 18.3 Å². The molecule has 0 atom stereocenters. The summed E-state index contributed by atoms with van der Waals surface area (Å²) in [6, 6.07) is 6.31. The summed E-state index contributed by atoms with van der Waals surface area (Å²) in [5.74, 6) is 0.829. The zero-order valence-corrected chi connectivity index (χ0v) is 18.6. The molecule has 0 unspecified atom stereocenters. The largest absolute Gasteiger partial charge is 0.494 e. The second-order valence-electron chi connectivity index (χ2n) is 8.49. The molecule has 32 heavy (non-hydrogen) atoms. The van der Waals surface area contributed by atoms with Gasteiger partial charge in [-0.25, -0.2) is 0 Å². The molecular formula is C26H30FN2O3+. The number of hydrogen-bond donors (Lipinski definition) is 0. The van der Waals surface area contributed by atoms with E-state index in [-0.39, 0.29) is 11.6 Å². The molecule has 0 amide bonds. The zero-order chi connectivity index (χ0) is 21.9. The van der Waals surface area contributed by atoms with E-state index in [1.54, 1.807) is 12.2 Å². The molecule has 0 N–H and O–H groups in total. The highest BCUT2D eigenvalue weighted by atomic mass is 19.1. The number of morpholine rings is 1. The first-order valence-corrected chi connectivity index (χ1v) is 11.5. The molecule has 3 heterocycles. The lowest BCUT2D eigenvalue weighted by molar-refractivity contribution is -0.418. The van der Waals surface area contributed by atoms with Gasteiger partial charge in [-0.15, -0.1) is 0 Å². The second-order valence-corrected chi connectivity index (χ2v) is 8.49. The van der Waals surface area contributed by atoms with Crippen LogP contribution in [0.1, 0.15) is 24.0 Å². The first kappa shape index (κ1) is 21.2. The third kappa shape index (κ3) is 4.30. The normalized spacial score (nSPS) is 24.3. The quantitative estimate of drug-likeness (QED) is 0.519. The number of carbonyl (C=O) groups excluding carboxylic acids is 1. The van der Waals surface area contributed by atoms with E-state index < -0.39 is 0 Å². The summed E-state index contributed by atoms with van der Waals surface area (Å²) in [5.41, 5.74) is 5.62. The number of allylic oxidation sites excluding steroid dienone is 5. The minimum absolute atomic E-state index is 0.271. The van der Waals surface area contributed by atoms with Gasteiger partial charge < -0.3 is 14.4 Å². The predicted molar refractivity (Wildman–Crippen MR) is 124 cm³/mol. The Hall–Kier alpha value is -2.70. The van der Waals surface area contributed by atoms with Crippen molar-refractivity contribution in [2.24, 2.45) is 0 Å². The molecule has 1 saturated heterocycles. The Morgan fingerprint density at radius 2 is 2.00 bits per heavy atom. The van der Waals surface area contributed by atoms with Crippen LogP contribution in [0.2, 0.25) is 0 Å². The molecule has 1 aromatic rings. The van der Waals surface area contributed by atoms with Crippen LogP contribution >= 0.6 is 0 Å². The van der Waals surface area contributed by atoms with Gasteiger partial charge >= 0.3 is 5.78 Å². The lowest BCUT2D eigenvalue weighted by Crippen LogP contribution is -2.37. The molecule has 1 fully saturated rings. The predicted octanol–water partition coefficient (Wildman–Crippen LogP) is 3.76. The standard InChI is InChI=1S/C26H30FN2O3/c1-30-26-8-5-19(16-24(26)27)23-18-29-10-2-4-25(29)22-17-20(6-7-21(22)23)32-13-3-9-28-11-14-31-15-12-28/h4-8,16-17H,2-3,9-15,18H2,1H3/q+1. The van der Waals surface area contributed by atoms with Crippen LogP contribution in [0, 0.1) is 0 Å². The van der Waals surface area contributed by atoms with Crippen LogP contribution in [0.25, 0.3) is 11.3 Å². The Morgan fingerprint density at radius 1 is 1.12 bits per heavy atom. The Morgan fingerprint density at radius 3 is 2.81 bits per heavy atom. The molecule has 6 heteroatoms. The van der Waals surface area contributed by atoms with Gasteiger partial charge in [-0.05, 0) is 53.8 Å². The number of benzene rings is 1. The summed E-state index contributed by atoms with van der Waals surface area (Å²) in [5, 5.41) is 0. The molecule has 5 nitrogen and oxygen atoms in total. The molecule has 0 saturated carbocycles. The van der Waals surface area contributed by atoms with Gasteiger partial charge in [0.25, 0.3) is 7.11 Å². The molecule has 0 aromatic heterocycles. The van der Waals surface area contributed by atoms with E-state index in [9.17, 15) is 4.39 Å². The molecule has 5 rings (SSSR count). The van der Waals surface area contributed by atoms with E-state index in [1.165, 1.54) is 18.4 Å². The van der Waals surface area contributed by atoms with Crippen LogP contribution in [0.5, 0.6) is 5.75 Å². The minimum Gasteiger partial charge on any atom is -0.494 e. The SMILES string of the molecule is C[O+]=C1C=CC(=C2CN3CCC=C3c3cc(OCCCN4CCOCC4)ccc32)C=C1F. The molecule has 4 aliphatic rings. The van der Waals surface area contributed by atoms with Gasteiger partial charge in [-0.2, -0.15) is 4.39 Å². The topological polar surface area (TPSA) is 36.2 Å². The Bertz CT molecular complexity index is 1030. The van der Waals surface area contributed by atoms with Crippen molar-refractivity contribution in [1.82, 2.24) is 9.80 Å². The summed E-state index contributed by atoms with van der Waals surface area (Å²) in [6.07, 6.45) is 9.56. The van der Waals surface area contributed by atoms with E-state index in [2.05, 4.69) is 28.0 Å². The average molecular weight is 438 g/mol. The number of ether oxygens (including phenoxy) is 2. The molecule has 0 spiro atoms. The van der Waals surface area contributed by atoms with Gasteiger partial charge in [0.15, 0.2) is 0 Å². The van der Waals surface area contributed by atoms with E-state index in [0.717, 1.165) is 81.2 Å². The van der Waals surface area contributed by atoms with Crippen molar-refractivity contribution in [3.05, 3.63) is 65.0 Å². The highest BCUT2D eigenvalue weighted by molar-refractivity contribution is 6.05. The Kier molecular flexibility index (Phi) is 6.23. The van der Waals surface area contributed by atoms with Crippen molar-refractivity contribution in [2.75, 3.05) is 59.7 Å².